The number of rotatable bonds is 17. The number of aromatic nitrogens is 8. The fraction of sp³-hybridized carbons (Fsp3) is 0.567. The van der Waals surface area contributed by atoms with E-state index in [4.69, 9.17) is 5.10 Å². The minimum absolute atomic E-state index is 0.00688. The molecule has 2 atom stereocenters. The van der Waals surface area contributed by atoms with Gasteiger partial charge in [0, 0.05) is 96.7 Å². The molecule has 1 saturated carbocycles. The molecular formula is C60H74F3N15O7. The van der Waals surface area contributed by atoms with E-state index in [-0.39, 0.29) is 61.9 Å². The van der Waals surface area contributed by atoms with Crippen LogP contribution in [-0.4, -0.2) is 186 Å². The van der Waals surface area contributed by atoms with E-state index in [2.05, 4.69) is 50.9 Å². The van der Waals surface area contributed by atoms with Crippen molar-refractivity contribution in [2.75, 3.05) is 91.0 Å². The zero-order valence-electron chi connectivity index (χ0n) is 48.4. The van der Waals surface area contributed by atoms with E-state index in [0.29, 0.717) is 88.1 Å². The van der Waals surface area contributed by atoms with Gasteiger partial charge in [-0.15, -0.1) is 0 Å². The number of piperidine rings is 4. The van der Waals surface area contributed by atoms with Gasteiger partial charge in [-0.1, -0.05) is 19.1 Å². The number of amides is 5. The van der Waals surface area contributed by atoms with Crippen LogP contribution in [0.1, 0.15) is 91.8 Å². The maximum absolute atomic E-state index is 16.0. The Kier molecular flexibility index (Phi) is 16.1. The summed E-state index contributed by atoms with van der Waals surface area (Å²) in [4.78, 5) is 85.7. The lowest BCUT2D eigenvalue weighted by Crippen LogP contribution is -2.48. The van der Waals surface area contributed by atoms with Crippen LogP contribution in [0, 0.1) is 41.8 Å². The molecule has 2 aliphatic carbocycles. The molecule has 6 aromatic rings. The van der Waals surface area contributed by atoms with Gasteiger partial charge in [-0.2, -0.15) is 20.4 Å². The largest absolute Gasteiger partial charge is 0.468 e. The number of alkyl halides is 2. The Labute approximate surface area is 489 Å². The number of anilines is 1. The monoisotopic (exact) mass is 1170 g/mol. The number of halogens is 3. The first kappa shape index (κ1) is 57.7. The van der Waals surface area contributed by atoms with Crippen molar-refractivity contribution in [3.8, 4) is 11.1 Å². The molecule has 5 fully saturated rings. The van der Waals surface area contributed by atoms with E-state index in [1.807, 2.05) is 37.4 Å². The predicted molar refractivity (Wildman–Crippen MR) is 306 cm³/mol. The highest BCUT2D eigenvalue weighted by atomic mass is 19.3. The lowest BCUT2D eigenvalue weighted by Gasteiger charge is -2.40. The van der Waals surface area contributed by atoms with Crippen molar-refractivity contribution in [1.82, 2.24) is 69.8 Å². The number of aromatic amines is 1. The molecule has 8 heterocycles. The Bertz CT molecular complexity index is 3530. The van der Waals surface area contributed by atoms with Crippen molar-refractivity contribution in [3.63, 3.8) is 0 Å². The highest BCUT2D eigenvalue weighted by Gasteiger charge is 2.78. The molecule has 0 spiro atoms. The van der Waals surface area contributed by atoms with E-state index >= 15 is 4.39 Å². The van der Waals surface area contributed by atoms with E-state index in [0.717, 1.165) is 103 Å². The van der Waals surface area contributed by atoms with Crippen LogP contribution in [-0.2, 0) is 54.6 Å². The number of nitrogens with one attached hydrogen (secondary N) is 4. The van der Waals surface area contributed by atoms with Crippen molar-refractivity contribution in [2.45, 2.75) is 103 Å². The number of fused-ring (bicyclic) bond motifs is 4. The molecular weight excluding hydrogens is 1100 g/mol. The van der Waals surface area contributed by atoms with Gasteiger partial charge < -0.3 is 35.4 Å². The van der Waals surface area contributed by atoms with Crippen molar-refractivity contribution < 1.29 is 46.7 Å². The third-order valence-corrected chi connectivity index (χ3v) is 19.3. The van der Waals surface area contributed by atoms with Gasteiger partial charge in [0.1, 0.15) is 18.9 Å². The number of esters is 1. The minimum Gasteiger partial charge on any atom is -0.468 e. The van der Waals surface area contributed by atoms with Crippen LogP contribution < -0.4 is 16.0 Å². The second-order valence-corrected chi connectivity index (χ2v) is 24.6. The first-order chi connectivity index (χ1) is 40.9. The topological polar surface area (TPSA) is 243 Å². The molecule has 4 saturated heterocycles. The molecule has 4 N–H and O–H groups in total. The van der Waals surface area contributed by atoms with Crippen molar-refractivity contribution in [1.29, 1.82) is 0 Å². The Morgan fingerprint density at radius 2 is 1.47 bits per heavy atom. The highest BCUT2D eigenvalue weighted by molar-refractivity contribution is 6.04. The van der Waals surface area contributed by atoms with Crippen molar-refractivity contribution in [2.24, 2.45) is 29.1 Å². The van der Waals surface area contributed by atoms with Crippen LogP contribution in [0.15, 0.2) is 48.9 Å². The number of likely N-dealkylation sites (tertiary alicyclic amines) is 4. The summed E-state index contributed by atoms with van der Waals surface area (Å²) in [5.41, 5.74) is 3.83. The average molecular weight is 1170 g/mol. The van der Waals surface area contributed by atoms with E-state index in [1.165, 1.54) is 17.9 Å². The SMILES string of the molecule is COC(=O)CNC(=O)CNC(=O)Cn1nc(C)c2c(-c3cc4c(cnn4CC4CCN(CC(=O)N5CCC(CN6CCC(C(=O)N7CCC(n8cc(NC(=O)c9n[nH]c%10c9CC9C(F)(F)C9(C)C%10)cn8)CC7)CC6)CC5)CC4)cc3F)cccc21. The smallest absolute Gasteiger partial charge is 0.325 e. The fourth-order valence-electron chi connectivity index (χ4n) is 14.0. The second kappa shape index (κ2) is 23.7. The summed E-state index contributed by atoms with van der Waals surface area (Å²) in [6, 6.07) is 8.87. The molecule has 4 aromatic heterocycles. The van der Waals surface area contributed by atoms with Gasteiger partial charge in [-0.25, -0.2) is 13.2 Å². The fourth-order valence-corrected chi connectivity index (χ4v) is 14.0. The summed E-state index contributed by atoms with van der Waals surface area (Å²) in [6.07, 6.45) is 12.3. The van der Waals surface area contributed by atoms with Crippen LogP contribution in [0.2, 0.25) is 0 Å². The Morgan fingerprint density at radius 3 is 2.22 bits per heavy atom. The summed E-state index contributed by atoms with van der Waals surface area (Å²) in [6.45, 7) is 10.8. The number of methoxy groups -OCH3 is 1. The number of nitrogens with zero attached hydrogens (tertiary/aromatic N) is 11. The molecule has 4 aliphatic heterocycles. The Morgan fingerprint density at radius 1 is 0.765 bits per heavy atom. The van der Waals surface area contributed by atoms with Gasteiger partial charge in [0.2, 0.25) is 23.6 Å². The quantitative estimate of drug-likeness (QED) is 0.0883. The van der Waals surface area contributed by atoms with E-state index < -0.39 is 46.8 Å². The molecule has 22 nitrogen and oxygen atoms in total. The molecule has 5 amide bonds. The predicted octanol–water partition coefficient (Wildman–Crippen LogP) is 4.97. The number of H-pyrrole nitrogens is 1. The van der Waals surface area contributed by atoms with Gasteiger partial charge in [0.05, 0.1) is 61.0 Å². The van der Waals surface area contributed by atoms with Gasteiger partial charge in [-0.05, 0) is 126 Å². The standard InChI is InChI=1S/C60H74F3N15O7/c1-36-55-43(5-4-6-48(55)78(71-36)34-52(80)64-29-51(79)65-30-54(82)85-3)44-24-49-40(23-46(44)61)27-66-77(49)32-38-7-15-73(16-8-38)35-53(81)74-19-9-37(10-20-74)31-72-17-11-39(12-18-72)58(84)75-21-13-42(14-22-75)76-33-41(28-67-76)68-57(83)56-45-25-50-59(2,60(50,62)63)26-47(45)69-70-56/h4-6,23-24,27-28,33,37-39,42,50H,7-22,25-26,29-32,34-35H2,1-3H3,(H,64,80)(H,65,79)(H,68,83)(H,69,70). The van der Waals surface area contributed by atoms with Crippen LogP contribution in [0.25, 0.3) is 32.9 Å². The normalized spacial score (nSPS) is 21.6. The third kappa shape index (κ3) is 11.8. The highest BCUT2D eigenvalue weighted by Crippen LogP contribution is 2.70. The van der Waals surface area contributed by atoms with Crippen molar-refractivity contribution in [3.05, 3.63) is 77.4 Å². The molecule has 0 radical (unpaired) electrons. The Balaban J connectivity index is 0.548. The zero-order chi connectivity index (χ0) is 59.3. The second-order valence-electron chi connectivity index (χ2n) is 24.6. The van der Waals surface area contributed by atoms with Crippen LogP contribution in [0.5, 0.6) is 0 Å². The number of ether oxygens (including phenoxy) is 1. The van der Waals surface area contributed by atoms with Crippen molar-refractivity contribution >= 4 is 63.0 Å². The lowest BCUT2D eigenvalue weighted by atomic mass is 9.87. The van der Waals surface area contributed by atoms with E-state index in [9.17, 15) is 37.5 Å². The number of hydrogen-bond donors (Lipinski definition) is 4. The maximum Gasteiger partial charge on any atom is 0.325 e. The summed E-state index contributed by atoms with van der Waals surface area (Å²) < 4.78 is 54.7. The summed E-state index contributed by atoms with van der Waals surface area (Å²) in [5.74, 6) is -4.75. The molecule has 12 rings (SSSR count). The molecule has 452 valence electrons. The number of hydrogen-bond acceptors (Lipinski definition) is 13. The number of aryl methyl sites for hydroxylation is 1. The molecule has 6 aliphatic rings. The van der Waals surface area contributed by atoms with Crippen LogP contribution in [0.4, 0.5) is 18.9 Å². The van der Waals surface area contributed by atoms with Gasteiger partial charge in [0.25, 0.3) is 11.8 Å². The summed E-state index contributed by atoms with van der Waals surface area (Å²) in [5, 5.41) is 30.0. The van der Waals surface area contributed by atoms with Crippen LogP contribution >= 0.6 is 0 Å². The first-order valence-corrected chi connectivity index (χ1v) is 30.0. The van der Waals surface area contributed by atoms with Gasteiger partial charge in [0.15, 0.2) is 5.69 Å². The van der Waals surface area contributed by atoms with E-state index in [1.54, 1.807) is 38.5 Å². The molecule has 85 heavy (non-hydrogen) atoms. The number of carbonyl (C=O) groups is 6. The zero-order valence-corrected chi connectivity index (χ0v) is 48.4. The lowest BCUT2D eigenvalue weighted by molar-refractivity contribution is -0.141. The number of carbonyl (C=O) groups excluding carboxylic acids is 6. The van der Waals surface area contributed by atoms with Gasteiger partial charge in [-0.3, -0.25) is 52.8 Å². The molecule has 2 aromatic carbocycles. The maximum atomic E-state index is 16.0. The number of benzene rings is 2. The molecule has 25 heteroatoms. The van der Waals surface area contributed by atoms with Crippen LogP contribution in [0.3, 0.4) is 0 Å². The average Bonchev–Trinajstić information content (AvgIpc) is 1.53. The summed E-state index contributed by atoms with van der Waals surface area (Å²) >= 11 is 0. The third-order valence-electron chi connectivity index (χ3n) is 19.3. The minimum atomic E-state index is -2.74. The van der Waals surface area contributed by atoms with Gasteiger partial charge >= 0.3 is 5.97 Å². The molecule has 0 bridgehead atoms. The first-order valence-electron chi connectivity index (χ1n) is 30.0. The molecule has 2 unspecified atom stereocenters. The summed E-state index contributed by atoms with van der Waals surface area (Å²) in [7, 11) is 1.21. The Hall–Kier alpha value is -7.67.